The van der Waals surface area contributed by atoms with Crippen LogP contribution < -0.4 is 5.32 Å². The van der Waals surface area contributed by atoms with E-state index in [1.54, 1.807) is 4.90 Å². The van der Waals surface area contributed by atoms with Crippen molar-refractivity contribution in [1.29, 1.82) is 0 Å². The van der Waals surface area contributed by atoms with Crippen molar-refractivity contribution in [3.63, 3.8) is 0 Å². The van der Waals surface area contributed by atoms with Gasteiger partial charge in [0.25, 0.3) is 0 Å². The highest BCUT2D eigenvalue weighted by molar-refractivity contribution is 5.77. The molecule has 1 aliphatic heterocycles. The van der Waals surface area contributed by atoms with Gasteiger partial charge in [-0.05, 0) is 12.5 Å². The molecule has 74 valence electrons. The maximum Gasteiger partial charge on any atom is 0.318 e. The zero-order valence-corrected chi connectivity index (χ0v) is 8.40. The zero-order chi connectivity index (χ0) is 10.1. The monoisotopic (exact) mass is 190 g/mol. The second kappa shape index (κ2) is 3.33. The first-order valence-corrected chi connectivity index (χ1v) is 4.78. The number of urea groups is 1. The van der Waals surface area contributed by atoms with Crippen molar-refractivity contribution in [3.8, 4) is 0 Å². The van der Waals surface area contributed by atoms with Gasteiger partial charge in [0.1, 0.15) is 0 Å². The Kier molecular flexibility index (Phi) is 2.15. The smallest absolute Gasteiger partial charge is 0.318 e. The van der Waals surface area contributed by atoms with E-state index in [1.807, 2.05) is 37.4 Å². The number of amides is 2. The van der Waals surface area contributed by atoms with Gasteiger partial charge in [0.2, 0.25) is 0 Å². The predicted octanol–water partition coefficient (Wildman–Crippen LogP) is 1.77. The van der Waals surface area contributed by atoms with E-state index in [4.69, 9.17) is 0 Å². The topological polar surface area (TPSA) is 32.3 Å². The van der Waals surface area contributed by atoms with Gasteiger partial charge in [0, 0.05) is 7.05 Å². The van der Waals surface area contributed by atoms with E-state index >= 15 is 0 Å². The van der Waals surface area contributed by atoms with E-state index in [-0.39, 0.29) is 18.1 Å². The van der Waals surface area contributed by atoms with Crippen molar-refractivity contribution in [1.82, 2.24) is 10.2 Å². The van der Waals surface area contributed by atoms with Crippen molar-refractivity contribution in [3.05, 3.63) is 35.9 Å². The van der Waals surface area contributed by atoms with Gasteiger partial charge in [-0.15, -0.1) is 0 Å². The highest BCUT2D eigenvalue weighted by Gasteiger charge is 2.34. The largest absolute Gasteiger partial charge is 0.329 e. The maximum absolute atomic E-state index is 11.4. The van der Waals surface area contributed by atoms with Crippen molar-refractivity contribution < 1.29 is 4.79 Å². The molecule has 0 saturated carbocycles. The van der Waals surface area contributed by atoms with Crippen LogP contribution in [0.15, 0.2) is 30.3 Å². The third kappa shape index (κ3) is 1.35. The van der Waals surface area contributed by atoms with Crippen LogP contribution in [-0.2, 0) is 0 Å². The standard InChI is InChI=1S/C11H14N2O/c1-8-10(12-11(14)13(8)2)9-6-4-3-5-7-9/h3-8,10H,1-2H3,(H,12,14)/t8-,10+/m1/s1. The molecule has 1 heterocycles. The normalized spacial score (nSPS) is 26.4. The van der Waals surface area contributed by atoms with E-state index in [1.165, 1.54) is 0 Å². The van der Waals surface area contributed by atoms with Gasteiger partial charge in [-0.25, -0.2) is 4.79 Å². The van der Waals surface area contributed by atoms with E-state index in [0.717, 1.165) is 5.56 Å². The third-order valence-corrected chi connectivity index (χ3v) is 2.85. The SMILES string of the molecule is C[C@@H]1[C@@H](c2ccccc2)NC(=O)N1C. The summed E-state index contributed by atoms with van der Waals surface area (Å²) in [4.78, 5) is 13.1. The molecule has 1 aromatic rings. The Morgan fingerprint density at radius 3 is 2.43 bits per heavy atom. The Morgan fingerprint density at radius 2 is 1.93 bits per heavy atom. The molecule has 14 heavy (non-hydrogen) atoms. The summed E-state index contributed by atoms with van der Waals surface area (Å²) in [5, 5.41) is 2.96. The summed E-state index contributed by atoms with van der Waals surface area (Å²) in [6, 6.07) is 10.4. The minimum Gasteiger partial charge on any atom is -0.329 e. The molecular weight excluding hydrogens is 176 g/mol. The lowest BCUT2D eigenvalue weighted by Gasteiger charge is -2.18. The number of benzene rings is 1. The minimum absolute atomic E-state index is 0.00588. The summed E-state index contributed by atoms with van der Waals surface area (Å²) >= 11 is 0. The second-order valence-corrected chi connectivity index (χ2v) is 3.69. The predicted molar refractivity (Wildman–Crippen MR) is 54.9 cm³/mol. The summed E-state index contributed by atoms with van der Waals surface area (Å²) in [5.41, 5.74) is 1.16. The maximum atomic E-state index is 11.4. The van der Waals surface area contributed by atoms with Gasteiger partial charge in [-0.1, -0.05) is 30.3 Å². The quantitative estimate of drug-likeness (QED) is 0.719. The van der Waals surface area contributed by atoms with Crippen molar-refractivity contribution in [2.75, 3.05) is 7.05 Å². The van der Waals surface area contributed by atoms with Crippen molar-refractivity contribution in [2.24, 2.45) is 0 Å². The van der Waals surface area contributed by atoms with Crippen LogP contribution >= 0.6 is 0 Å². The third-order valence-electron chi connectivity index (χ3n) is 2.85. The van der Waals surface area contributed by atoms with Crippen molar-refractivity contribution in [2.45, 2.75) is 19.0 Å². The molecule has 1 aliphatic rings. The van der Waals surface area contributed by atoms with Crippen LogP contribution in [0.3, 0.4) is 0 Å². The molecule has 0 aliphatic carbocycles. The van der Waals surface area contributed by atoms with E-state index < -0.39 is 0 Å². The van der Waals surface area contributed by atoms with E-state index in [0.29, 0.717) is 0 Å². The van der Waals surface area contributed by atoms with Gasteiger partial charge in [0.15, 0.2) is 0 Å². The number of likely N-dealkylation sites (N-methyl/N-ethyl adjacent to an activating group) is 1. The fourth-order valence-corrected chi connectivity index (χ4v) is 1.79. The molecule has 3 heteroatoms. The Balaban J connectivity index is 2.26. The van der Waals surface area contributed by atoms with E-state index in [2.05, 4.69) is 12.2 Å². The molecular formula is C11H14N2O. The van der Waals surface area contributed by atoms with Crippen LogP contribution in [0.1, 0.15) is 18.5 Å². The number of carbonyl (C=O) groups excluding carboxylic acids is 1. The Bertz CT molecular complexity index is 336. The average Bonchev–Trinajstić information content (AvgIpc) is 2.47. The molecule has 2 rings (SSSR count). The number of nitrogens with one attached hydrogen (secondary N) is 1. The minimum atomic E-state index is 0.00588. The molecule has 0 spiro atoms. The highest BCUT2D eigenvalue weighted by Crippen LogP contribution is 2.25. The molecule has 0 unspecified atom stereocenters. The number of rotatable bonds is 1. The summed E-state index contributed by atoms with van der Waals surface area (Å²) < 4.78 is 0. The van der Waals surface area contributed by atoms with Crippen LogP contribution in [0.2, 0.25) is 0 Å². The summed E-state index contributed by atoms with van der Waals surface area (Å²) in [6.07, 6.45) is 0. The molecule has 1 fully saturated rings. The Labute approximate surface area is 83.7 Å². The van der Waals surface area contributed by atoms with Crippen molar-refractivity contribution >= 4 is 6.03 Å². The van der Waals surface area contributed by atoms with E-state index in [9.17, 15) is 4.79 Å². The molecule has 1 aromatic carbocycles. The number of hydrogen-bond acceptors (Lipinski definition) is 1. The molecule has 2 atom stereocenters. The molecule has 3 nitrogen and oxygen atoms in total. The lowest BCUT2D eigenvalue weighted by Crippen LogP contribution is -2.27. The van der Waals surface area contributed by atoms with Crippen LogP contribution in [0.5, 0.6) is 0 Å². The number of nitrogens with zero attached hydrogens (tertiary/aromatic N) is 1. The molecule has 1 N–H and O–H groups in total. The number of hydrogen-bond donors (Lipinski definition) is 1. The molecule has 0 aromatic heterocycles. The fourth-order valence-electron chi connectivity index (χ4n) is 1.79. The first-order valence-electron chi connectivity index (χ1n) is 4.78. The number of carbonyl (C=O) groups is 1. The van der Waals surface area contributed by atoms with Crippen LogP contribution in [0.25, 0.3) is 0 Å². The van der Waals surface area contributed by atoms with Crippen LogP contribution in [0.4, 0.5) is 4.79 Å². The Morgan fingerprint density at radius 1 is 1.29 bits per heavy atom. The fraction of sp³-hybridized carbons (Fsp3) is 0.364. The van der Waals surface area contributed by atoms with Gasteiger partial charge >= 0.3 is 6.03 Å². The first-order chi connectivity index (χ1) is 6.70. The summed E-state index contributed by atoms with van der Waals surface area (Å²) in [5.74, 6) is 0. The molecule has 0 radical (unpaired) electrons. The van der Waals surface area contributed by atoms with Crippen LogP contribution in [0, 0.1) is 0 Å². The van der Waals surface area contributed by atoms with Crippen LogP contribution in [-0.4, -0.2) is 24.0 Å². The van der Waals surface area contributed by atoms with Gasteiger partial charge in [-0.2, -0.15) is 0 Å². The first kappa shape index (κ1) is 9.06. The molecule has 2 amide bonds. The lowest BCUT2D eigenvalue weighted by molar-refractivity contribution is 0.218. The summed E-state index contributed by atoms with van der Waals surface area (Å²) in [6.45, 7) is 2.05. The molecule has 1 saturated heterocycles. The highest BCUT2D eigenvalue weighted by atomic mass is 16.2. The second-order valence-electron chi connectivity index (χ2n) is 3.69. The average molecular weight is 190 g/mol. The lowest BCUT2D eigenvalue weighted by atomic mass is 10.0. The zero-order valence-electron chi connectivity index (χ0n) is 8.40. The van der Waals surface area contributed by atoms with Gasteiger partial charge in [0.05, 0.1) is 12.1 Å². The Hall–Kier alpha value is -1.51. The van der Waals surface area contributed by atoms with Gasteiger partial charge < -0.3 is 10.2 Å². The summed E-state index contributed by atoms with van der Waals surface area (Å²) in [7, 11) is 1.82. The van der Waals surface area contributed by atoms with Gasteiger partial charge in [-0.3, -0.25) is 0 Å². The molecule has 0 bridgehead atoms.